The van der Waals surface area contributed by atoms with Gasteiger partial charge < -0.3 is 20.4 Å². The normalized spacial score (nSPS) is 22.6. The number of likely N-dealkylation sites (tertiary alicyclic amines) is 1. The van der Waals surface area contributed by atoms with Gasteiger partial charge in [-0.3, -0.25) is 4.68 Å². The number of nitrogens with one attached hydrogen (secondary N) is 1. The standard InChI is InChI=1S/C11H16N4O4/c1-6-8(5-14(2)13-6)12-11(19)15-4-7(16)3-9(15)10(17)18/h5,7,9,16H,3-4H2,1-2H3,(H,12,19)(H,17,18)/t7?,9-/m0/s1. The monoisotopic (exact) mass is 268 g/mol. The minimum absolute atomic E-state index is 0.0160. The van der Waals surface area contributed by atoms with Gasteiger partial charge in [-0.1, -0.05) is 0 Å². The zero-order valence-electron chi connectivity index (χ0n) is 10.7. The molecule has 19 heavy (non-hydrogen) atoms. The zero-order chi connectivity index (χ0) is 14.2. The number of amides is 2. The lowest BCUT2D eigenvalue weighted by Crippen LogP contribution is -2.43. The molecule has 0 bridgehead atoms. The van der Waals surface area contributed by atoms with E-state index in [1.807, 2.05) is 0 Å². The van der Waals surface area contributed by atoms with Crippen LogP contribution in [0, 0.1) is 6.92 Å². The first-order chi connectivity index (χ1) is 8.88. The molecule has 0 saturated carbocycles. The van der Waals surface area contributed by atoms with Crippen molar-refractivity contribution in [2.45, 2.75) is 25.5 Å². The van der Waals surface area contributed by atoms with Crippen molar-refractivity contribution in [1.82, 2.24) is 14.7 Å². The van der Waals surface area contributed by atoms with Crippen molar-refractivity contribution in [3.8, 4) is 0 Å². The first-order valence-electron chi connectivity index (χ1n) is 5.87. The van der Waals surface area contributed by atoms with Crippen molar-refractivity contribution >= 4 is 17.7 Å². The van der Waals surface area contributed by atoms with Crippen LogP contribution in [0.15, 0.2) is 6.20 Å². The van der Waals surface area contributed by atoms with E-state index in [1.165, 1.54) is 0 Å². The third-order valence-corrected chi connectivity index (χ3v) is 3.08. The van der Waals surface area contributed by atoms with Crippen LogP contribution >= 0.6 is 0 Å². The maximum absolute atomic E-state index is 12.0. The Morgan fingerprint density at radius 3 is 2.74 bits per heavy atom. The molecule has 1 aromatic rings. The fraction of sp³-hybridized carbons (Fsp3) is 0.545. The van der Waals surface area contributed by atoms with E-state index in [0.29, 0.717) is 11.4 Å². The number of urea groups is 1. The van der Waals surface area contributed by atoms with Gasteiger partial charge in [-0.05, 0) is 6.92 Å². The molecule has 0 aliphatic carbocycles. The molecule has 0 spiro atoms. The van der Waals surface area contributed by atoms with Crippen LogP contribution in [-0.2, 0) is 11.8 Å². The SMILES string of the molecule is Cc1nn(C)cc1NC(=O)N1CC(O)C[C@H]1C(=O)O. The number of aliphatic carboxylic acids is 1. The molecule has 1 aliphatic rings. The van der Waals surface area contributed by atoms with Crippen molar-refractivity contribution in [3.63, 3.8) is 0 Å². The Hall–Kier alpha value is -2.09. The molecule has 2 heterocycles. The van der Waals surface area contributed by atoms with E-state index in [4.69, 9.17) is 5.11 Å². The van der Waals surface area contributed by atoms with Crippen molar-refractivity contribution in [2.24, 2.45) is 7.05 Å². The van der Waals surface area contributed by atoms with Gasteiger partial charge in [-0.2, -0.15) is 5.10 Å². The van der Waals surface area contributed by atoms with Crippen molar-refractivity contribution in [2.75, 3.05) is 11.9 Å². The summed E-state index contributed by atoms with van der Waals surface area (Å²) in [7, 11) is 1.72. The second kappa shape index (κ2) is 4.88. The second-order valence-corrected chi connectivity index (χ2v) is 4.63. The Balaban J connectivity index is 2.11. The summed E-state index contributed by atoms with van der Waals surface area (Å²) in [5.41, 5.74) is 1.17. The molecule has 3 N–H and O–H groups in total. The van der Waals surface area contributed by atoms with Gasteiger partial charge in [-0.15, -0.1) is 0 Å². The number of hydrogen-bond acceptors (Lipinski definition) is 4. The summed E-state index contributed by atoms with van der Waals surface area (Å²) in [4.78, 5) is 24.2. The summed E-state index contributed by atoms with van der Waals surface area (Å²) < 4.78 is 1.55. The third-order valence-electron chi connectivity index (χ3n) is 3.08. The van der Waals surface area contributed by atoms with E-state index < -0.39 is 24.1 Å². The minimum atomic E-state index is -1.12. The zero-order valence-corrected chi connectivity index (χ0v) is 10.7. The largest absolute Gasteiger partial charge is 0.480 e. The van der Waals surface area contributed by atoms with E-state index in [-0.39, 0.29) is 13.0 Å². The van der Waals surface area contributed by atoms with Crippen molar-refractivity contribution in [1.29, 1.82) is 0 Å². The molecule has 104 valence electrons. The van der Waals surface area contributed by atoms with Crippen LogP contribution in [0.3, 0.4) is 0 Å². The highest BCUT2D eigenvalue weighted by molar-refractivity contribution is 5.93. The fourth-order valence-corrected chi connectivity index (χ4v) is 2.18. The number of carboxylic acid groups (broad SMARTS) is 1. The molecule has 1 fully saturated rings. The van der Waals surface area contributed by atoms with E-state index in [9.17, 15) is 14.7 Å². The predicted octanol–water partition coefficient (Wildman–Crippen LogP) is -0.220. The highest BCUT2D eigenvalue weighted by Gasteiger charge is 2.39. The summed E-state index contributed by atoms with van der Waals surface area (Å²) in [5.74, 6) is -1.12. The average molecular weight is 268 g/mol. The van der Waals surface area contributed by atoms with Crippen LogP contribution in [0.2, 0.25) is 0 Å². The Morgan fingerprint density at radius 1 is 1.53 bits per heavy atom. The summed E-state index contributed by atoms with van der Waals surface area (Å²) in [5, 5.41) is 25.2. The van der Waals surface area contributed by atoms with E-state index in [0.717, 1.165) is 4.90 Å². The average Bonchev–Trinajstić information content (AvgIpc) is 2.83. The number of carbonyl (C=O) groups excluding carboxylic acids is 1. The number of anilines is 1. The van der Waals surface area contributed by atoms with Crippen LogP contribution in [0.1, 0.15) is 12.1 Å². The third kappa shape index (κ3) is 2.68. The second-order valence-electron chi connectivity index (χ2n) is 4.63. The number of hydrogen-bond donors (Lipinski definition) is 3. The molecule has 1 aromatic heterocycles. The molecule has 1 saturated heterocycles. The molecular weight excluding hydrogens is 252 g/mol. The van der Waals surface area contributed by atoms with Crippen LogP contribution < -0.4 is 5.32 Å². The van der Waals surface area contributed by atoms with Crippen LogP contribution in [0.25, 0.3) is 0 Å². The first kappa shape index (κ1) is 13.3. The van der Waals surface area contributed by atoms with Crippen molar-refractivity contribution in [3.05, 3.63) is 11.9 Å². The Kier molecular flexibility index (Phi) is 3.43. The van der Waals surface area contributed by atoms with Crippen LogP contribution in [0.5, 0.6) is 0 Å². The molecule has 0 aromatic carbocycles. The molecule has 2 atom stereocenters. The van der Waals surface area contributed by atoms with Gasteiger partial charge in [0.25, 0.3) is 0 Å². The lowest BCUT2D eigenvalue weighted by molar-refractivity contribution is -0.141. The van der Waals surface area contributed by atoms with Gasteiger partial charge in [0.2, 0.25) is 0 Å². The predicted molar refractivity (Wildman–Crippen MR) is 65.7 cm³/mol. The van der Waals surface area contributed by atoms with Crippen molar-refractivity contribution < 1.29 is 19.8 Å². The highest BCUT2D eigenvalue weighted by Crippen LogP contribution is 2.20. The van der Waals surface area contributed by atoms with Gasteiger partial charge in [-0.25, -0.2) is 9.59 Å². The first-order valence-corrected chi connectivity index (χ1v) is 5.87. The quantitative estimate of drug-likeness (QED) is 0.687. The Morgan fingerprint density at radius 2 is 2.21 bits per heavy atom. The molecule has 2 rings (SSSR count). The summed E-state index contributed by atoms with van der Waals surface area (Å²) >= 11 is 0. The Bertz CT molecular complexity index is 513. The number of carboxylic acids is 1. The van der Waals surface area contributed by atoms with Gasteiger partial charge in [0, 0.05) is 26.2 Å². The lowest BCUT2D eigenvalue weighted by Gasteiger charge is -2.21. The number of rotatable bonds is 2. The molecule has 8 nitrogen and oxygen atoms in total. The highest BCUT2D eigenvalue weighted by atomic mass is 16.4. The van der Waals surface area contributed by atoms with E-state index in [2.05, 4.69) is 10.4 Å². The maximum Gasteiger partial charge on any atom is 0.326 e. The van der Waals surface area contributed by atoms with Gasteiger partial charge >= 0.3 is 12.0 Å². The van der Waals surface area contributed by atoms with E-state index in [1.54, 1.807) is 24.9 Å². The molecule has 2 amide bonds. The topological polar surface area (TPSA) is 108 Å². The smallest absolute Gasteiger partial charge is 0.326 e. The van der Waals surface area contributed by atoms with Gasteiger partial charge in [0.15, 0.2) is 0 Å². The number of aliphatic hydroxyl groups excluding tert-OH is 1. The number of aromatic nitrogens is 2. The number of carbonyl (C=O) groups is 2. The molecule has 0 radical (unpaired) electrons. The molecule has 1 aliphatic heterocycles. The molecular formula is C11H16N4O4. The number of β-amino-alcohol motifs (C(OH)–C–C–N with tert-alkyl or cyclic N) is 1. The van der Waals surface area contributed by atoms with Gasteiger partial charge in [0.05, 0.1) is 17.5 Å². The van der Waals surface area contributed by atoms with Crippen LogP contribution in [-0.4, -0.2) is 55.6 Å². The van der Waals surface area contributed by atoms with Crippen LogP contribution in [0.4, 0.5) is 10.5 Å². The van der Waals surface area contributed by atoms with E-state index >= 15 is 0 Å². The summed E-state index contributed by atoms with van der Waals surface area (Å²) in [6, 6.07) is -1.54. The Labute approximate surface area is 109 Å². The van der Waals surface area contributed by atoms with Gasteiger partial charge in [0.1, 0.15) is 6.04 Å². The number of aliphatic hydroxyl groups is 1. The molecule has 1 unspecified atom stereocenters. The number of aryl methyl sites for hydroxylation is 2. The summed E-state index contributed by atoms with van der Waals surface area (Å²) in [6.45, 7) is 1.76. The minimum Gasteiger partial charge on any atom is -0.480 e. The molecule has 8 heteroatoms. The maximum atomic E-state index is 12.0. The number of nitrogens with zero attached hydrogens (tertiary/aromatic N) is 3. The lowest BCUT2D eigenvalue weighted by atomic mass is 10.2. The summed E-state index contributed by atoms with van der Waals surface area (Å²) in [6.07, 6.45) is 0.881. The fourth-order valence-electron chi connectivity index (χ4n) is 2.18.